The number of aromatic nitrogens is 1. The standard InChI is InChI=1S/C13H11BrClNO2/c1-8-4-11(2-3-12(8)15)18-13-9(7-17)5-10(14)6-16-13/h2-6,17H,7H2,1H3. The van der Waals surface area contributed by atoms with Gasteiger partial charge in [-0.25, -0.2) is 4.98 Å². The Kier molecular flexibility index (Phi) is 4.22. The number of aliphatic hydroxyl groups excluding tert-OH is 1. The average molecular weight is 329 g/mol. The van der Waals surface area contributed by atoms with Gasteiger partial charge in [-0.2, -0.15) is 0 Å². The number of hydrogen-bond donors (Lipinski definition) is 1. The molecule has 1 N–H and O–H groups in total. The molecule has 18 heavy (non-hydrogen) atoms. The van der Waals surface area contributed by atoms with Crippen molar-refractivity contribution in [3.05, 3.63) is 51.1 Å². The first-order valence-corrected chi connectivity index (χ1v) is 6.46. The molecule has 5 heteroatoms. The number of halogens is 2. The molecule has 1 aromatic heterocycles. The molecular formula is C13H11BrClNO2. The fourth-order valence-corrected chi connectivity index (χ4v) is 1.96. The first-order valence-electron chi connectivity index (χ1n) is 5.29. The van der Waals surface area contributed by atoms with Crippen LogP contribution in [-0.2, 0) is 6.61 Å². The summed E-state index contributed by atoms with van der Waals surface area (Å²) in [5, 5.41) is 9.95. The average Bonchev–Trinajstić information content (AvgIpc) is 2.36. The molecule has 3 nitrogen and oxygen atoms in total. The van der Waals surface area contributed by atoms with E-state index in [4.69, 9.17) is 16.3 Å². The maximum atomic E-state index is 9.26. The number of aryl methyl sites for hydroxylation is 1. The summed E-state index contributed by atoms with van der Waals surface area (Å²) in [5.41, 5.74) is 1.55. The van der Waals surface area contributed by atoms with Crippen molar-refractivity contribution in [1.29, 1.82) is 0 Å². The van der Waals surface area contributed by atoms with E-state index in [1.807, 2.05) is 13.0 Å². The Morgan fingerprint density at radius 1 is 1.39 bits per heavy atom. The van der Waals surface area contributed by atoms with Gasteiger partial charge in [-0.3, -0.25) is 0 Å². The molecule has 0 spiro atoms. The van der Waals surface area contributed by atoms with Crippen molar-refractivity contribution in [2.24, 2.45) is 0 Å². The summed E-state index contributed by atoms with van der Waals surface area (Å²) in [7, 11) is 0. The highest BCUT2D eigenvalue weighted by atomic mass is 79.9. The van der Waals surface area contributed by atoms with Gasteiger partial charge in [0.1, 0.15) is 5.75 Å². The highest BCUT2D eigenvalue weighted by molar-refractivity contribution is 9.10. The molecule has 2 rings (SSSR count). The lowest BCUT2D eigenvalue weighted by molar-refractivity contribution is 0.275. The largest absolute Gasteiger partial charge is 0.439 e. The highest BCUT2D eigenvalue weighted by Crippen LogP contribution is 2.28. The van der Waals surface area contributed by atoms with E-state index in [1.54, 1.807) is 24.4 Å². The van der Waals surface area contributed by atoms with Gasteiger partial charge in [-0.1, -0.05) is 11.6 Å². The first kappa shape index (κ1) is 13.3. The number of nitrogens with zero attached hydrogens (tertiary/aromatic N) is 1. The number of ether oxygens (including phenoxy) is 1. The van der Waals surface area contributed by atoms with Crippen molar-refractivity contribution < 1.29 is 9.84 Å². The Morgan fingerprint density at radius 3 is 2.83 bits per heavy atom. The van der Waals surface area contributed by atoms with E-state index >= 15 is 0 Å². The summed E-state index contributed by atoms with van der Waals surface area (Å²) in [4.78, 5) is 4.13. The second-order valence-electron chi connectivity index (χ2n) is 3.79. The molecule has 0 fully saturated rings. The minimum atomic E-state index is -0.131. The van der Waals surface area contributed by atoms with E-state index in [9.17, 15) is 5.11 Å². The zero-order valence-corrected chi connectivity index (χ0v) is 12.0. The van der Waals surface area contributed by atoms with Gasteiger partial charge in [-0.15, -0.1) is 0 Å². The second-order valence-corrected chi connectivity index (χ2v) is 5.11. The van der Waals surface area contributed by atoms with Crippen LogP contribution in [0, 0.1) is 6.92 Å². The van der Waals surface area contributed by atoms with Gasteiger partial charge in [-0.05, 0) is 52.7 Å². The topological polar surface area (TPSA) is 42.4 Å². The van der Waals surface area contributed by atoms with Crippen molar-refractivity contribution in [3.8, 4) is 11.6 Å². The molecule has 0 amide bonds. The zero-order chi connectivity index (χ0) is 13.1. The Balaban J connectivity index is 2.30. The maximum Gasteiger partial charge on any atom is 0.224 e. The van der Waals surface area contributed by atoms with Crippen LogP contribution in [0.25, 0.3) is 0 Å². The molecular weight excluding hydrogens is 318 g/mol. The molecule has 0 radical (unpaired) electrons. The Bertz CT molecular complexity index is 575. The van der Waals surface area contributed by atoms with Crippen molar-refractivity contribution in [3.63, 3.8) is 0 Å². The van der Waals surface area contributed by atoms with Crippen LogP contribution in [0.15, 0.2) is 34.9 Å². The van der Waals surface area contributed by atoms with Crippen LogP contribution in [0.2, 0.25) is 5.02 Å². The Hall–Kier alpha value is -1.10. The quantitative estimate of drug-likeness (QED) is 0.922. The van der Waals surface area contributed by atoms with Crippen LogP contribution in [0.5, 0.6) is 11.6 Å². The van der Waals surface area contributed by atoms with E-state index in [0.717, 1.165) is 10.0 Å². The second kappa shape index (κ2) is 5.69. The van der Waals surface area contributed by atoms with Crippen LogP contribution in [0.4, 0.5) is 0 Å². The molecule has 94 valence electrons. The SMILES string of the molecule is Cc1cc(Oc2ncc(Br)cc2CO)ccc1Cl. The minimum absolute atomic E-state index is 0.131. The van der Waals surface area contributed by atoms with Gasteiger partial charge < -0.3 is 9.84 Å². The van der Waals surface area contributed by atoms with Crippen molar-refractivity contribution >= 4 is 27.5 Å². The number of rotatable bonds is 3. The van der Waals surface area contributed by atoms with Gasteiger partial charge in [0.25, 0.3) is 0 Å². The van der Waals surface area contributed by atoms with Crippen molar-refractivity contribution in [2.45, 2.75) is 13.5 Å². The third-order valence-corrected chi connectivity index (χ3v) is 3.26. The number of pyridine rings is 1. The Labute approximate surface area is 119 Å². The summed E-state index contributed by atoms with van der Waals surface area (Å²) in [6, 6.07) is 7.13. The summed E-state index contributed by atoms with van der Waals surface area (Å²) >= 11 is 9.24. The molecule has 2 aromatic rings. The third kappa shape index (κ3) is 3.02. The number of aliphatic hydroxyl groups is 1. The lowest BCUT2D eigenvalue weighted by atomic mass is 10.2. The molecule has 1 heterocycles. The zero-order valence-electron chi connectivity index (χ0n) is 9.65. The molecule has 0 aliphatic heterocycles. The van der Waals surface area contributed by atoms with Gasteiger partial charge in [0.15, 0.2) is 0 Å². The van der Waals surface area contributed by atoms with E-state index in [-0.39, 0.29) is 6.61 Å². The van der Waals surface area contributed by atoms with E-state index in [1.165, 1.54) is 0 Å². The first-order chi connectivity index (χ1) is 8.60. The van der Waals surface area contributed by atoms with E-state index in [0.29, 0.717) is 22.2 Å². The van der Waals surface area contributed by atoms with Crippen LogP contribution in [0.3, 0.4) is 0 Å². The van der Waals surface area contributed by atoms with Crippen LogP contribution < -0.4 is 4.74 Å². The summed E-state index contributed by atoms with van der Waals surface area (Å²) in [6.07, 6.45) is 1.62. The van der Waals surface area contributed by atoms with Crippen molar-refractivity contribution in [2.75, 3.05) is 0 Å². The Morgan fingerprint density at radius 2 is 2.17 bits per heavy atom. The normalized spacial score (nSPS) is 10.4. The smallest absolute Gasteiger partial charge is 0.224 e. The summed E-state index contributed by atoms with van der Waals surface area (Å²) < 4.78 is 6.44. The molecule has 0 bridgehead atoms. The van der Waals surface area contributed by atoms with Crippen LogP contribution in [0.1, 0.15) is 11.1 Å². The van der Waals surface area contributed by atoms with Gasteiger partial charge in [0.2, 0.25) is 5.88 Å². The molecule has 0 unspecified atom stereocenters. The molecule has 0 atom stereocenters. The lowest BCUT2D eigenvalue weighted by Crippen LogP contribution is -1.95. The maximum absolute atomic E-state index is 9.26. The van der Waals surface area contributed by atoms with Gasteiger partial charge >= 0.3 is 0 Å². The summed E-state index contributed by atoms with van der Waals surface area (Å²) in [5.74, 6) is 1.03. The van der Waals surface area contributed by atoms with Crippen LogP contribution >= 0.6 is 27.5 Å². The predicted octanol–water partition coefficient (Wildman–Crippen LogP) is 4.09. The molecule has 0 saturated heterocycles. The predicted molar refractivity (Wildman–Crippen MR) is 74.1 cm³/mol. The lowest BCUT2D eigenvalue weighted by Gasteiger charge is -2.09. The van der Waals surface area contributed by atoms with E-state index < -0.39 is 0 Å². The number of hydrogen-bond acceptors (Lipinski definition) is 3. The number of benzene rings is 1. The molecule has 0 aliphatic rings. The van der Waals surface area contributed by atoms with E-state index in [2.05, 4.69) is 20.9 Å². The summed E-state index contributed by atoms with van der Waals surface area (Å²) in [6.45, 7) is 1.77. The van der Waals surface area contributed by atoms with Crippen LogP contribution in [-0.4, -0.2) is 10.1 Å². The fourth-order valence-electron chi connectivity index (χ4n) is 1.47. The van der Waals surface area contributed by atoms with Gasteiger partial charge in [0, 0.05) is 21.3 Å². The highest BCUT2D eigenvalue weighted by Gasteiger charge is 2.07. The van der Waals surface area contributed by atoms with Crippen molar-refractivity contribution in [1.82, 2.24) is 4.98 Å². The molecule has 1 aromatic carbocycles. The third-order valence-electron chi connectivity index (χ3n) is 2.41. The minimum Gasteiger partial charge on any atom is -0.439 e. The van der Waals surface area contributed by atoms with Gasteiger partial charge in [0.05, 0.1) is 6.61 Å². The molecule has 0 aliphatic carbocycles. The molecule has 0 saturated carbocycles. The monoisotopic (exact) mass is 327 g/mol. The fraction of sp³-hybridized carbons (Fsp3) is 0.154.